The van der Waals surface area contributed by atoms with E-state index in [1.807, 2.05) is 0 Å². The van der Waals surface area contributed by atoms with Gasteiger partial charge < -0.3 is 4.74 Å². The van der Waals surface area contributed by atoms with Gasteiger partial charge in [-0.25, -0.2) is 0 Å². The van der Waals surface area contributed by atoms with Crippen LogP contribution in [0.25, 0.3) is 0 Å². The summed E-state index contributed by atoms with van der Waals surface area (Å²) in [6.45, 7) is 4.30. The van der Waals surface area contributed by atoms with Crippen molar-refractivity contribution in [3.8, 4) is 0 Å². The predicted molar refractivity (Wildman–Crippen MR) is 66.5 cm³/mol. The van der Waals surface area contributed by atoms with Crippen LogP contribution in [0.4, 0.5) is 0 Å². The van der Waals surface area contributed by atoms with Crippen molar-refractivity contribution in [3.63, 3.8) is 0 Å². The zero-order chi connectivity index (χ0) is 12.0. The third-order valence-corrected chi connectivity index (χ3v) is 4.09. The molecule has 0 N–H and O–H groups in total. The summed E-state index contributed by atoms with van der Waals surface area (Å²) in [6.07, 6.45) is 8.70. The summed E-state index contributed by atoms with van der Waals surface area (Å²) >= 11 is 0. The van der Waals surface area contributed by atoms with Gasteiger partial charge in [-0.3, -0.25) is 4.79 Å². The number of allylic oxidation sites excluding steroid dienone is 3. The van der Waals surface area contributed by atoms with Crippen molar-refractivity contribution >= 4 is 5.78 Å². The van der Waals surface area contributed by atoms with E-state index in [0.717, 1.165) is 30.6 Å². The second-order valence-corrected chi connectivity index (χ2v) is 6.35. The van der Waals surface area contributed by atoms with Gasteiger partial charge in [-0.05, 0) is 42.7 Å². The fourth-order valence-electron chi connectivity index (χ4n) is 3.21. The topological polar surface area (TPSA) is 26.3 Å². The lowest BCUT2D eigenvalue weighted by Crippen LogP contribution is -2.32. The number of rotatable bonds is 0. The molecule has 0 saturated heterocycles. The van der Waals surface area contributed by atoms with E-state index in [1.165, 1.54) is 18.4 Å². The largest absolute Gasteiger partial charge is 0.490 e. The molecule has 0 amide bonds. The molecule has 0 aromatic heterocycles. The summed E-state index contributed by atoms with van der Waals surface area (Å²) in [4.78, 5) is 12.1. The number of fused-ring (bicyclic) bond motifs is 1. The van der Waals surface area contributed by atoms with Crippen molar-refractivity contribution in [2.75, 3.05) is 0 Å². The molecule has 2 aliphatic carbocycles. The minimum absolute atomic E-state index is 0.0654. The van der Waals surface area contributed by atoms with Crippen LogP contribution in [0.5, 0.6) is 0 Å². The van der Waals surface area contributed by atoms with E-state index in [1.54, 1.807) is 0 Å². The van der Waals surface area contributed by atoms with E-state index < -0.39 is 0 Å². The first-order valence-electron chi connectivity index (χ1n) is 6.69. The van der Waals surface area contributed by atoms with E-state index >= 15 is 0 Å². The van der Waals surface area contributed by atoms with Crippen LogP contribution in [0.1, 0.15) is 52.4 Å². The average Bonchev–Trinajstić information content (AvgIpc) is 2.25. The van der Waals surface area contributed by atoms with Gasteiger partial charge in [0, 0.05) is 12.8 Å². The van der Waals surface area contributed by atoms with E-state index in [0.29, 0.717) is 6.42 Å². The van der Waals surface area contributed by atoms with Gasteiger partial charge in [0.2, 0.25) is 0 Å². The van der Waals surface area contributed by atoms with Crippen LogP contribution < -0.4 is 0 Å². The number of Topliss-reactive ketones (excluding diaryl/α,β-unsaturated/α-hetero) is 1. The van der Waals surface area contributed by atoms with E-state index in [9.17, 15) is 4.79 Å². The monoisotopic (exact) mass is 232 g/mol. The molecule has 1 aliphatic heterocycles. The van der Waals surface area contributed by atoms with Gasteiger partial charge in [0.1, 0.15) is 11.9 Å². The van der Waals surface area contributed by atoms with Gasteiger partial charge in [-0.2, -0.15) is 0 Å². The molecule has 1 saturated carbocycles. The third-order valence-electron chi connectivity index (χ3n) is 4.09. The Morgan fingerprint density at radius 3 is 2.94 bits per heavy atom. The Hall–Kier alpha value is -1.05. The molecule has 2 nitrogen and oxygen atoms in total. The normalized spacial score (nSPS) is 31.3. The first kappa shape index (κ1) is 11.1. The van der Waals surface area contributed by atoms with Gasteiger partial charge >= 0.3 is 0 Å². The number of carbonyl (C=O) groups is 1. The molecule has 0 spiro atoms. The van der Waals surface area contributed by atoms with Crippen LogP contribution in [0.3, 0.4) is 0 Å². The molecule has 17 heavy (non-hydrogen) atoms. The van der Waals surface area contributed by atoms with Crippen molar-refractivity contribution in [2.24, 2.45) is 5.41 Å². The first-order valence-corrected chi connectivity index (χ1v) is 6.69. The second kappa shape index (κ2) is 3.72. The van der Waals surface area contributed by atoms with Crippen molar-refractivity contribution in [1.82, 2.24) is 0 Å². The Kier molecular flexibility index (Phi) is 2.42. The quantitative estimate of drug-likeness (QED) is 0.638. The molecular weight excluding hydrogens is 212 g/mol. The molecule has 3 aliphatic rings. The van der Waals surface area contributed by atoms with Gasteiger partial charge in [0.05, 0.1) is 5.57 Å². The number of ether oxygens (including phenoxy) is 1. The maximum atomic E-state index is 12.1. The molecule has 2 heteroatoms. The number of hydrogen-bond donors (Lipinski definition) is 0. The standard InChI is InChI=1S/C15H20O2/c1-15(2)8-12(16)11-7-10-5-3-4-6-13(10)17-14(11)9-15/h7,13H,3-6,8-9H2,1-2H3. The summed E-state index contributed by atoms with van der Waals surface area (Å²) in [5.41, 5.74) is 2.29. The summed E-state index contributed by atoms with van der Waals surface area (Å²) in [6, 6.07) is 0. The molecule has 1 heterocycles. The average molecular weight is 232 g/mol. The van der Waals surface area contributed by atoms with Crippen LogP contribution in [-0.2, 0) is 9.53 Å². The minimum atomic E-state index is 0.0654. The lowest BCUT2D eigenvalue weighted by molar-refractivity contribution is -0.118. The minimum Gasteiger partial charge on any atom is -0.490 e. The molecule has 0 aromatic carbocycles. The van der Waals surface area contributed by atoms with Crippen molar-refractivity contribution in [1.29, 1.82) is 0 Å². The SMILES string of the molecule is CC1(C)CC(=O)C2=C(C1)OC1CCCCC1=C2. The number of carbonyl (C=O) groups excluding carboxylic acids is 1. The summed E-state index contributed by atoms with van der Waals surface area (Å²) in [5.74, 6) is 1.23. The highest BCUT2D eigenvalue weighted by molar-refractivity contribution is 6.00. The fourth-order valence-corrected chi connectivity index (χ4v) is 3.21. The molecule has 1 unspecified atom stereocenters. The molecule has 3 rings (SSSR count). The van der Waals surface area contributed by atoms with Crippen LogP contribution in [0.2, 0.25) is 0 Å². The van der Waals surface area contributed by atoms with Gasteiger partial charge in [-0.15, -0.1) is 0 Å². The van der Waals surface area contributed by atoms with Gasteiger partial charge in [0.15, 0.2) is 5.78 Å². The maximum Gasteiger partial charge on any atom is 0.166 e. The Bertz CT molecular complexity index is 426. The smallest absolute Gasteiger partial charge is 0.166 e. The van der Waals surface area contributed by atoms with Crippen LogP contribution >= 0.6 is 0 Å². The van der Waals surface area contributed by atoms with Crippen molar-refractivity contribution in [3.05, 3.63) is 23.0 Å². The molecule has 0 bridgehead atoms. The van der Waals surface area contributed by atoms with Gasteiger partial charge in [0.25, 0.3) is 0 Å². The zero-order valence-corrected chi connectivity index (χ0v) is 10.7. The highest BCUT2D eigenvalue weighted by Crippen LogP contribution is 2.43. The third kappa shape index (κ3) is 1.94. The lowest BCUT2D eigenvalue weighted by atomic mass is 9.74. The van der Waals surface area contributed by atoms with Crippen LogP contribution in [0, 0.1) is 5.41 Å². The molecule has 1 atom stereocenters. The summed E-state index contributed by atoms with van der Waals surface area (Å²) in [7, 11) is 0. The Balaban J connectivity index is 1.96. The second-order valence-electron chi connectivity index (χ2n) is 6.35. The molecule has 0 radical (unpaired) electrons. The molecule has 0 aromatic rings. The van der Waals surface area contributed by atoms with Crippen molar-refractivity contribution < 1.29 is 9.53 Å². The highest BCUT2D eigenvalue weighted by atomic mass is 16.5. The Morgan fingerprint density at radius 2 is 2.12 bits per heavy atom. The maximum absolute atomic E-state index is 12.1. The molecule has 92 valence electrons. The first-order chi connectivity index (χ1) is 8.05. The van der Waals surface area contributed by atoms with E-state index in [4.69, 9.17) is 4.74 Å². The molecule has 1 fully saturated rings. The Labute approximate surface area is 103 Å². The fraction of sp³-hybridized carbons (Fsp3) is 0.667. The lowest BCUT2D eigenvalue weighted by Gasteiger charge is -2.38. The van der Waals surface area contributed by atoms with Gasteiger partial charge in [-0.1, -0.05) is 13.8 Å². The zero-order valence-electron chi connectivity index (χ0n) is 10.7. The number of hydrogen-bond acceptors (Lipinski definition) is 2. The van der Waals surface area contributed by atoms with E-state index in [2.05, 4.69) is 19.9 Å². The van der Waals surface area contributed by atoms with Crippen LogP contribution in [-0.4, -0.2) is 11.9 Å². The van der Waals surface area contributed by atoms with E-state index in [-0.39, 0.29) is 17.3 Å². The highest BCUT2D eigenvalue weighted by Gasteiger charge is 2.37. The van der Waals surface area contributed by atoms with Crippen LogP contribution in [0.15, 0.2) is 23.0 Å². The summed E-state index contributed by atoms with van der Waals surface area (Å²) < 4.78 is 6.09. The van der Waals surface area contributed by atoms with Crippen molar-refractivity contribution in [2.45, 2.75) is 58.5 Å². The Morgan fingerprint density at radius 1 is 1.29 bits per heavy atom. The summed E-state index contributed by atoms with van der Waals surface area (Å²) in [5, 5.41) is 0. The number of ketones is 1. The predicted octanol–water partition coefficient (Wildman–Crippen LogP) is 3.53. The molecular formula is C15H20O2.